The van der Waals surface area contributed by atoms with Crippen molar-refractivity contribution in [2.45, 2.75) is 13.2 Å². The number of rotatable bonds is 0. The van der Waals surface area contributed by atoms with Crippen molar-refractivity contribution in [3.63, 3.8) is 0 Å². The number of hydrogen-bond donors (Lipinski definition) is 0. The Balaban J connectivity index is -0.000000270. The van der Waals surface area contributed by atoms with Crippen molar-refractivity contribution in [2.75, 3.05) is 0 Å². The van der Waals surface area contributed by atoms with E-state index in [1.807, 2.05) is 0 Å². The van der Waals surface area contributed by atoms with E-state index in [0.29, 0.717) is 0 Å². The van der Waals surface area contributed by atoms with Gasteiger partial charge in [0.15, 0.2) is 4.31 Å². The summed E-state index contributed by atoms with van der Waals surface area (Å²) >= 11 is 0. The summed E-state index contributed by atoms with van der Waals surface area (Å²) in [6, 6.07) is 0. The monoisotopic (exact) mass is 287 g/mol. The number of hydrogen-bond acceptors (Lipinski definition) is 5. The van der Waals surface area contributed by atoms with Gasteiger partial charge in [-0.2, -0.15) is 0 Å². The predicted molar refractivity (Wildman–Crippen MR) is 45.2 cm³/mol. The molecule has 1 aliphatic rings. The van der Waals surface area contributed by atoms with Crippen molar-refractivity contribution in [3.8, 4) is 0 Å². The summed E-state index contributed by atoms with van der Waals surface area (Å²) in [5, 5.41) is 0. The molecule has 53 valence electrons. The minimum absolute atomic E-state index is 0. The van der Waals surface area contributed by atoms with E-state index in [2.05, 4.69) is 13.4 Å². The summed E-state index contributed by atoms with van der Waals surface area (Å²) in [4.78, 5) is 0. The van der Waals surface area contributed by atoms with Gasteiger partial charge in [-0.25, -0.2) is 0 Å². The van der Waals surface area contributed by atoms with Crippen LogP contribution in [0.3, 0.4) is 0 Å². The maximum Gasteiger partial charge on any atom is 0.750 e. The molecular formula is C2H4K3O5P2+2. The van der Waals surface area contributed by atoms with Crippen molar-refractivity contribution in [1.82, 2.24) is 0 Å². The molecule has 0 aliphatic carbocycles. The molecular weight excluding hydrogens is 283 g/mol. The molecule has 1 saturated heterocycles. The van der Waals surface area contributed by atoms with Crippen LogP contribution in [-0.4, -0.2) is 160 Å². The molecule has 10 heteroatoms. The molecule has 0 saturated carbocycles. The Kier molecular flexibility index (Phi) is 23.0. The normalized spacial score (nSPS) is 27.6. The van der Waals surface area contributed by atoms with Crippen LogP contribution in [0.15, 0.2) is 0 Å². The van der Waals surface area contributed by atoms with E-state index in [9.17, 15) is 9.13 Å². The average Bonchev–Trinajstić information content (AvgIpc) is 1.59. The Morgan fingerprint density at radius 2 is 1.33 bits per heavy atom. The van der Waals surface area contributed by atoms with Gasteiger partial charge in [0.1, 0.15) is 0 Å². The molecule has 2 atom stereocenters. The summed E-state index contributed by atoms with van der Waals surface area (Å²) in [6.45, 7) is 1.49. The average molecular weight is 287 g/mol. The maximum absolute atomic E-state index is 10.3. The summed E-state index contributed by atoms with van der Waals surface area (Å²) in [6.07, 6.45) is -0.703. The second-order valence-electron chi connectivity index (χ2n) is 1.31. The van der Waals surface area contributed by atoms with E-state index in [0.717, 1.165) is 0 Å². The van der Waals surface area contributed by atoms with Gasteiger partial charge in [-0.15, -0.1) is 0 Å². The van der Waals surface area contributed by atoms with Gasteiger partial charge in [0.25, 0.3) is 6.29 Å². The van der Waals surface area contributed by atoms with Crippen molar-refractivity contribution in [3.05, 3.63) is 0 Å². The van der Waals surface area contributed by atoms with Gasteiger partial charge in [-0.1, -0.05) is 9.05 Å². The molecule has 2 unspecified atom stereocenters. The summed E-state index contributed by atoms with van der Waals surface area (Å²) < 4.78 is 33.7. The third-order valence-corrected chi connectivity index (χ3v) is 2.61. The van der Waals surface area contributed by atoms with Crippen molar-refractivity contribution >= 4 is 171 Å². The Hall–Kier alpha value is 4.99. The van der Waals surface area contributed by atoms with Crippen LogP contribution in [0.4, 0.5) is 0 Å². The van der Waals surface area contributed by atoms with E-state index < -0.39 is 22.8 Å². The molecule has 0 aromatic carbocycles. The third kappa shape index (κ3) is 10.2. The van der Waals surface area contributed by atoms with Crippen molar-refractivity contribution in [2.24, 2.45) is 0 Å². The second-order valence-corrected chi connectivity index (χ2v) is 3.28. The molecule has 3 radical (unpaired) electrons. The summed E-state index contributed by atoms with van der Waals surface area (Å²) in [5.41, 5.74) is 0. The quantitative estimate of drug-likeness (QED) is 0.481. The molecule has 1 heterocycles. The molecule has 0 aromatic heterocycles. The third-order valence-electron chi connectivity index (χ3n) is 0.602. The zero-order valence-electron chi connectivity index (χ0n) is 7.51. The Morgan fingerprint density at radius 1 is 1.00 bits per heavy atom. The van der Waals surface area contributed by atoms with Crippen LogP contribution < -0.4 is 0 Å². The fourth-order valence-corrected chi connectivity index (χ4v) is 1.74. The fourth-order valence-electron chi connectivity index (χ4n) is 0.355. The van der Waals surface area contributed by atoms with Crippen molar-refractivity contribution < 1.29 is 22.5 Å². The van der Waals surface area contributed by atoms with Crippen molar-refractivity contribution in [1.29, 1.82) is 0 Å². The van der Waals surface area contributed by atoms with E-state index in [-0.39, 0.29) is 154 Å². The SMILES string of the molecule is CC1O[P+](=O)O[P+](=O)O1.[K].[K].[K]. The van der Waals surface area contributed by atoms with Crippen LogP contribution in [0.2, 0.25) is 0 Å². The van der Waals surface area contributed by atoms with Gasteiger partial charge in [-0.05, 0) is 6.92 Å². The largest absolute Gasteiger partial charge is 0.750 e. The smallest absolute Gasteiger partial charge is 0.0792 e. The second kappa shape index (κ2) is 12.4. The zero-order valence-corrected chi connectivity index (χ0v) is 18.7. The van der Waals surface area contributed by atoms with Crippen LogP contribution in [0.25, 0.3) is 0 Å². The molecule has 1 rings (SSSR count). The first-order valence-corrected chi connectivity index (χ1v) is 4.34. The molecule has 0 N–H and O–H groups in total. The van der Waals surface area contributed by atoms with E-state index in [1.165, 1.54) is 6.92 Å². The molecule has 12 heavy (non-hydrogen) atoms. The van der Waals surface area contributed by atoms with Crippen LogP contribution in [0.1, 0.15) is 6.92 Å². The molecule has 0 bridgehead atoms. The molecule has 0 spiro atoms. The van der Waals surface area contributed by atoms with Gasteiger partial charge in [-0.3, -0.25) is 0 Å². The minimum atomic E-state index is -2.23. The topological polar surface area (TPSA) is 61.8 Å². The van der Waals surface area contributed by atoms with E-state index in [1.54, 1.807) is 0 Å². The summed E-state index contributed by atoms with van der Waals surface area (Å²) in [5.74, 6) is 0. The first-order chi connectivity index (χ1) is 4.18. The van der Waals surface area contributed by atoms with Gasteiger partial charge < -0.3 is 0 Å². The standard InChI is InChI=1S/C2H4O5P2.3K/c1-2-5-8(3)7-9(4)6-2;;;/h2H,1H3;;;/q+2;;;. The van der Waals surface area contributed by atoms with Crippen LogP contribution in [0.5, 0.6) is 0 Å². The minimum Gasteiger partial charge on any atom is -0.0792 e. The first kappa shape index (κ1) is 22.2. The molecule has 1 fully saturated rings. The van der Waals surface area contributed by atoms with Crippen LogP contribution in [0, 0.1) is 0 Å². The van der Waals surface area contributed by atoms with Gasteiger partial charge >= 0.3 is 16.5 Å². The van der Waals surface area contributed by atoms with Gasteiger partial charge in [0.05, 0.1) is 0 Å². The Morgan fingerprint density at radius 3 is 1.58 bits per heavy atom. The first-order valence-electron chi connectivity index (χ1n) is 2.14. The maximum atomic E-state index is 10.3. The van der Waals surface area contributed by atoms with E-state index >= 15 is 0 Å². The fraction of sp³-hybridized carbons (Fsp3) is 1.00. The molecule has 5 nitrogen and oxygen atoms in total. The predicted octanol–water partition coefficient (Wildman–Crippen LogP) is 0.568. The van der Waals surface area contributed by atoms with Crippen LogP contribution in [-0.2, 0) is 22.5 Å². The van der Waals surface area contributed by atoms with Gasteiger partial charge in [0.2, 0.25) is 0 Å². The molecule has 0 aromatic rings. The van der Waals surface area contributed by atoms with Gasteiger partial charge in [0, 0.05) is 163 Å². The summed E-state index contributed by atoms with van der Waals surface area (Å²) in [7, 11) is -4.46. The molecule has 1 aliphatic heterocycles. The van der Waals surface area contributed by atoms with Crippen LogP contribution >= 0.6 is 16.5 Å². The molecule has 0 amide bonds. The zero-order chi connectivity index (χ0) is 6.85. The Labute approximate surface area is 200 Å². The van der Waals surface area contributed by atoms with E-state index in [4.69, 9.17) is 0 Å². The Bertz CT molecular complexity index is 149.